The lowest BCUT2D eigenvalue weighted by Crippen LogP contribution is -2.01. The van der Waals surface area contributed by atoms with Crippen LogP contribution in [0.3, 0.4) is 0 Å². The fourth-order valence-electron chi connectivity index (χ4n) is 2.85. The molecule has 2 heterocycles. The summed E-state index contributed by atoms with van der Waals surface area (Å²) in [5, 5.41) is 0.772. The Bertz CT molecular complexity index is 869. The van der Waals surface area contributed by atoms with Crippen LogP contribution in [-0.2, 0) is 17.7 Å². The number of carbonyl (C=O) groups is 2. The number of aryl methyl sites for hydroxylation is 2. The van der Waals surface area contributed by atoms with E-state index in [-0.39, 0.29) is 0 Å². The first-order valence-corrected chi connectivity index (χ1v) is 7.78. The number of hydrogen-bond donors (Lipinski definition) is 0. The smallest absolute Gasteiger partial charge is 0.337 e. The van der Waals surface area contributed by atoms with Crippen molar-refractivity contribution in [1.82, 2.24) is 9.55 Å². The highest BCUT2D eigenvalue weighted by Gasteiger charge is 2.12. The molecule has 0 amide bonds. The summed E-state index contributed by atoms with van der Waals surface area (Å²) in [5.74, 6) is -0.405. The maximum atomic E-state index is 11.7. The van der Waals surface area contributed by atoms with Crippen molar-refractivity contribution in [2.45, 2.75) is 19.4 Å². The van der Waals surface area contributed by atoms with Gasteiger partial charge in [0.2, 0.25) is 0 Å². The zero-order valence-corrected chi connectivity index (χ0v) is 13.4. The maximum absolute atomic E-state index is 11.7. The highest BCUT2D eigenvalue weighted by molar-refractivity contribution is 6.01. The molecule has 3 rings (SSSR count). The SMILES string of the molecule is COC(=O)c1ccc2c(c1)c(C=O)cn2CCCc1cccnc1. The maximum Gasteiger partial charge on any atom is 0.337 e. The van der Waals surface area contributed by atoms with Gasteiger partial charge in [-0.05, 0) is 42.7 Å². The van der Waals surface area contributed by atoms with Crippen molar-refractivity contribution in [2.24, 2.45) is 0 Å². The van der Waals surface area contributed by atoms with Crippen molar-refractivity contribution in [2.75, 3.05) is 7.11 Å². The van der Waals surface area contributed by atoms with Gasteiger partial charge in [0.05, 0.1) is 12.7 Å². The Hall–Kier alpha value is -2.95. The highest BCUT2D eigenvalue weighted by Crippen LogP contribution is 2.23. The molecule has 0 radical (unpaired) electrons. The lowest BCUT2D eigenvalue weighted by Gasteiger charge is -2.06. The molecule has 0 saturated heterocycles. The van der Waals surface area contributed by atoms with Crippen molar-refractivity contribution in [3.05, 3.63) is 65.6 Å². The minimum Gasteiger partial charge on any atom is -0.465 e. The Labute approximate surface area is 139 Å². The standard InChI is InChI=1S/C19H18N2O3/c1-24-19(23)15-6-7-18-17(10-15)16(13-22)12-21(18)9-3-5-14-4-2-8-20-11-14/h2,4,6-8,10-13H,3,5,9H2,1H3. The average molecular weight is 322 g/mol. The number of esters is 1. The van der Waals surface area contributed by atoms with Gasteiger partial charge in [-0.2, -0.15) is 0 Å². The molecule has 0 aliphatic carbocycles. The monoisotopic (exact) mass is 322 g/mol. The molecule has 0 N–H and O–H groups in total. The number of aldehydes is 1. The molecule has 2 aromatic heterocycles. The molecular formula is C19H18N2O3. The first kappa shape index (κ1) is 15.9. The van der Waals surface area contributed by atoms with Crippen LogP contribution in [0.25, 0.3) is 10.9 Å². The van der Waals surface area contributed by atoms with Crippen LogP contribution in [0.2, 0.25) is 0 Å². The summed E-state index contributed by atoms with van der Waals surface area (Å²) in [6.07, 6.45) is 8.14. The number of pyridine rings is 1. The van der Waals surface area contributed by atoms with Crippen molar-refractivity contribution < 1.29 is 14.3 Å². The highest BCUT2D eigenvalue weighted by atomic mass is 16.5. The predicted molar refractivity (Wildman–Crippen MR) is 91.2 cm³/mol. The normalized spacial score (nSPS) is 10.7. The van der Waals surface area contributed by atoms with E-state index in [9.17, 15) is 9.59 Å². The van der Waals surface area contributed by atoms with E-state index in [4.69, 9.17) is 4.74 Å². The van der Waals surface area contributed by atoms with E-state index in [1.54, 1.807) is 18.3 Å². The van der Waals surface area contributed by atoms with Crippen LogP contribution in [-0.4, -0.2) is 28.9 Å². The van der Waals surface area contributed by atoms with Gasteiger partial charge in [-0.3, -0.25) is 9.78 Å². The van der Waals surface area contributed by atoms with Gasteiger partial charge in [-0.1, -0.05) is 6.07 Å². The number of ether oxygens (including phenoxy) is 1. The number of fused-ring (bicyclic) bond motifs is 1. The van der Waals surface area contributed by atoms with Gasteiger partial charge in [0.25, 0.3) is 0 Å². The second-order valence-electron chi connectivity index (χ2n) is 5.58. The van der Waals surface area contributed by atoms with Gasteiger partial charge in [-0.25, -0.2) is 4.79 Å². The summed E-state index contributed by atoms with van der Waals surface area (Å²) < 4.78 is 6.79. The fraction of sp³-hybridized carbons (Fsp3) is 0.211. The number of aromatic nitrogens is 2. The zero-order chi connectivity index (χ0) is 16.9. The molecule has 0 aliphatic rings. The molecule has 3 aromatic rings. The van der Waals surface area contributed by atoms with E-state index >= 15 is 0 Å². The Kier molecular flexibility index (Phi) is 4.70. The van der Waals surface area contributed by atoms with E-state index in [1.165, 1.54) is 12.7 Å². The second kappa shape index (κ2) is 7.08. The summed E-state index contributed by atoms with van der Waals surface area (Å²) in [4.78, 5) is 27.1. The molecule has 0 bridgehead atoms. The Balaban J connectivity index is 1.83. The predicted octanol–water partition coefficient (Wildman–Crippen LogP) is 3.27. The van der Waals surface area contributed by atoms with Crippen LogP contribution in [0, 0.1) is 0 Å². The summed E-state index contributed by atoms with van der Waals surface area (Å²) in [7, 11) is 1.34. The van der Waals surface area contributed by atoms with Gasteiger partial charge in [0, 0.05) is 41.6 Å². The van der Waals surface area contributed by atoms with E-state index < -0.39 is 5.97 Å². The summed E-state index contributed by atoms with van der Waals surface area (Å²) in [6, 6.07) is 9.28. The topological polar surface area (TPSA) is 61.2 Å². The van der Waals surface area contributed by atoms with Gasteiger partial charge >= 0.3 is 5.97 Å². The first-order valence-electron chi connectivity index (χ1n) is 7.78. The van der Waals surface area contributed by atoms with Crippen LogP contribution in [0.5, 0.6) is 0 Å². The fourth-order valence-corrected chi connectivity index (χ4v) is 2.85. The lowest BCUT2D eigenvalue weighted by molar-refractivity contribution is 0.0601. The molecule has 5 heteroatoms. The average Bonchev–Trinajstić information content (AvgIpc) is 2.99. The minimum atomic E-state index is -0.405. The molecule has 24 heavy (non-hydrogen) atoms. The van der Waals surface area contributed by atoms with Gasteiger partial charge in [0.15, 0.2) is 6.29 Å². The zero-order valence-electron chi connectivity index (χ0n) is 13.4. The van der Waals surface area contributed by atoms with Crippen molar-refractivity contribution in [3.8, 4) is 0 Å². The first-order chi connectivity index (χ1) is 11.7. The Morgan fingerprint density at radius 3 is 2.92 bits per heavy atom. The third-order valence-electron chi connectivity index (χ3n) is 4.05. The number of benzene rings is 1. The largest absolute Gasteiger partial charge is 0.465 e. The van der Waals surface area contributed by atoms with Crippen LogP contribution in [0.1, 0.15) is 32.7 Å². The van der Waals surface area contributed by atoms with Crippen molar-refractivity contribution >= 4 is 23.2 Å². The summed E-state index contributed by atoms with van der Waals surface area (Å²) >= 11 is 0. The molecule has 0 aliphatic heterocycles. The van der Waals surface area contributed by atoms with E-state index in [0.717, 1.165) is 36.6 Å². The van der Waals surface area contributed by atoms with Crippen LogP contribution in [0.15, 0.2) is 48.9 Å². The van der Waals surface area contributed by atoms with Gasteiger partial charge < -0.3 is 9.30 Å². The summed E-state index contributed by atoms with van der Waals surface area (Å²) in [6.45, 7) is 0.788. The van der Waals surface area contributed by atoms with Crippen LogP contribution < -0.4 is 0 Å². The number of rotatable bonds is 6. The lowest BCUT2D eigenvalue weighted by atomic mass is 10.1. The van der Waals surface area contributed by atoms with Gasteiger partial charge in [0.1, 0.15) is 0 Å². The molecule has 122 valence electrons. The third kappa shape index (κ3) is 3.20. The van der Waals surface area contributed by atoms with Crippen molar-refractivity contribution in [3.63, 3.8) is 0 Å². The number of nitrogens with zero attached hydrogens (tertiary/aromatic N) is 2. The Morgan fingerprint density at radius 1 is 1.33 bits per heavy atom. The third-order valence-corrected chi connectivity index (χ3v) is 4.05. The second-order valence-corrected chi connectivity index (χ2v) is 5.58. The summed E-state index contributed by atoms with van der Waals surface area (Å²) in [5.41, 5.74) is 3.16. The number of carbonyl (C=O) groups excluding carboxylic acids is 2. The van der Waals surface area contributed by atoms with Gasteiger partial charge in [-0.15, -0.1) is 0 Å². The molecule has 0 unspecified atom stereocenters. The molecular weight excluding hydrogens is 304 g/mol. The van der Waals surface area contributed by atoms with E-state index in [0.29, 0.717) is 11.1 Å². The molecule has 1 aromatic carbocycles. The number of hydrogen-bond acceptors (Lipinski definition) is 4. The minimum absolute atomic E-state index is 0.405. The van der Waals surface area contributed by atoms with Crippen molar-refractivity contribution in [1.29, 1.82) is 0 Å². The number of methoxy groups -OCH3 is 1. The molecule has 5 nitrogen and oxygen atoms in total. The molecule has 0 atom stereocenters. The molecule has 0 fully saturated rings. The van der Waals surface area contributed by atoms with E-state index in [2.05, 4.69) is 15.6 Å². The molecule has 0 saturated carbocycles. The van der Waals surface area contributed by atoms with Crippen LogP contribution in [0.4, 0.5) is 0 Å². The van der Waals surface area contributed by atoms with E-state index in [1.807, 2.05) is 24.5 Å². The molecule has 0 spiro atoms. The Morgan fingerprint density at radius 2 is 2.21 bits per heavy atom. The quantitative estimate of drug-likeness (QED) is 0.516. The van der Waals surface area contributed by atoms with Crippen LogP contribution >= 0.6 is 0 Å².